The van der Waals surface area contributed by atoms with E-state index in [0.29, 0.717) is 0 Å². The summed E-state index contributed by atoms with van der Waals surface area (Å²) in [5.74, 6) is 1.01. The van der Waals surface area contributed by atoms with Crippen LogP contribution in [0.3, 0.4) is 0 Å². The number of fused-ring (bicyclic) bond motifs is 2. The number of ether oxygens (including phenoxy) is 1. The van der Waals surface area contributed by atoms with E-state index in [9.17, 15) is 0 Å². The highest BCUT2D eigenvalue weighted by atomic mass is 35.5. The third kappa shape index (κ3) is 2.33. The lowest BCUT2D eigenvalue weighted by molar-refractivity contribution is 0.347. The van der Waals surface area contributed by atoms with E-state index >= 15 is 0 Å². The molecule has 108 valence electrons. The van der Waals surface area contributed by atoms with Crippen molar-refractivity contribution in [3.05, 3.63) is 63.7 Å². The molecule has 4 rings (SSSR count). The van der Waals surface area contributed by atoms with Crippen molar-refractivity contribution in [2.24, 2.45) is 5.73 Å². The molecule has 0 spiro atoms. The van der Waals surface area contributed by atoms with Crippen LogP contribution < -0.4 is 10.5 Å². The monoisotopic (exact) mass is 299 g/mol. The zero-order valence-corrected chi connectivity index (χ0v) is 12.6. The van der Waals surface area contributed by atoms with Crippen LogP contribution >= 0.6 is 11.6 Å². The maximum Gasteiger partial charge on any atom is 0.125 e. The molecule has 0 amide bonds. The fraction of sp³-hybridized carbons (Fsp3) is 0.333. The molecule has 2 aromatic carbocycles. The minimum atomic E-state index is -0.228. The summed E-state index contributed by atoms with van der Waals surface area (Å²) in [5.41, 5.74) is 11.6. The lowest BCUT2D eigenvalue weighted by atomic mass is 9.88. The maximum absolute atomic E-state index is 6.69. The Kier molecular flexibility index (Phi) is 2.98. The van der Waals surface area contributed by atoms with Gasteiger partial charge in [-0.3, -0.25) is 0 Å². The Balaban J connectivity index is 1.66. The molecule has 2 nitrogen and oxygen atoms in total. The second kappa shape index (κ2) is 4.75. The molecule has 0 fully saturated rings. The number of hydrogen-bond donors (Lipinski definition) is 1. The van der Waals surface area contributed by atoms with E-state index in [1.54, 1.807) is 0 Å². The predicted octanol–water partition coefficient (Wildman–Crippen LogP) is 3.31. The third-order valence-corrected chi connectivity index (χ3v) is 4.79. The van der Waals surface area contributed by atoms with Gasteiger partial charge in [-0.2, -0.15) is 0 Å². The predicted molar refractivity (Wildman–Crippen MR) is 85.1 cm³/mol. The van der Waals surface area contributed by atoms with E-state index in [2.05, 4.69) is 24.3 Å². The van der Waals surface area contributed by atoms with Crippen molar-refractivity contribution in [3.8, 4) is 5.75 Å². The van der Waals surface area contributed by atoms with Crippen LogP contribution in [-0.4, -0.2) is 12.1 Å². The lowest BCUT2D eigenvalue weighted by Crippen LogP contribution is -2.43. The van der Waals surface area contributed by atoms with Gasteiger partial charge in [-0.15, -0.1) is 0 Å². The third-order valence-electron chi connectivity index (χ3n) is 4.57. The molecular weight excluding hydrogens is 282 g/mol. The molecule has 2 N–H and O–H groups in total. The smallest absolute Gasteiger partial charge is 0.125 e. The zero-order valence-electron chi connectivity index (χ0n) is 11.9. The summed E-state index contributed by atoms with van der Waals surface area (Å²) in [4.78, 5) is 0. The standard InChI is InChI=1S/C18H18ClNO/c19-16-7-12-5-6-21-17(12)15(8-16)11-18(20)9-13-3-1-2-4-14(13)10-18/h1-4,7-8H,5-6,9-11,20H2. The van der Waals surface area contributed by atoms with Crippen molar-refractivity contribution in [1.29, 1.82) is 0 Å². The SMILES string of the molecule is NC1(Cc2cc(Cl)cc3c2OCC3)Cc2ccccc2C1. The normalized spacial score (nSPS) is 18.2. The molecule has 1 heterocycles. The molecule has 2 aliphatic rings. The quantitative estimate of drug-likeness (QED) is 0.923. The van der Waals surface area contributed by atoms with E-state index in [-0.39, 0.29) is 5.54 Å². The highest BCUT2D eigenvalue weighted by molar-refractivity contribution is 6.30. The molecule has 0 aromatic heterocycles. The Bertz CT molecular complexity index is 685. The fourth-order valence-electron chi connectivity index (χ4n) is 3.71. The molecule has 0 radical (unpaired) electrons. The highest BCUT2D eigenvalue weighted by Crippen LogP contribution is 2.37. The van der Waals surface area contributed by atoms with E-state index in [0.717, 1.165) is 48.6 Å². The van der Waals surface area contributed by atoms with Gasteiger partial charge in [-0.25, -0.2) is 0 Å². The first-order chi connectivity index (χ1) is 10.1. The summed E-state index contributed by atoms with van der Waals surface area (Å²) in [7, 11) is 0. The van der Waals surface area contributed by atoms with Crippen LogP contribution in [0.4, 0.5) is 0 Å². The molecular formula is C18H18ClNO. The summed E-state index contributed by atoms with van der Waals surface area (Å²) in [6, 6.07) is 12.6. The van der Waals surface area contributed by atoms with Gasteiger partial charge in [0, 0.05) is 17.0 Å². The van der Waals surface area contributed by atoms with Gasteiger partial charge in [0.15, 0.2) is 0 Å². The van der Waals surface area contributed by atoms with Gasteiger partial charge in [0.25, 0.3) is 0 Å². The van der Waals surface area contributed by atoms with E-state index in [1.807, 2.05) is 12.1 Å². The van der Waals surface area contributed by atoms with Gasteiger partial charge in [0.05, 0.1) is 6.61 Å². The second-order valence-corrected chi connectivity index (χ2v) is 6.75. The number of benzene rings is 2. The van der Waals surface area contributed by atoms with E-state index in [1.165, 1.54) is 16.7 Å². The zero-order chi connectivity index (χ0) is 14.4. The average molecular weight is 300 g/mol. The molecule has 0 bridgehead atoms. The van der Waals surface area contributed by atoms with Crippen molar-refractivity contribution in [1.82, 2.24) is 0 Å². The van der Waals surface area contributed by atoms with Crippen molar-refractivity contribution in [3.63, 3.8) is 0 Å². The molecule has 3 heteroatoms. The minimum Gasteiger partial charge on any atom is -0.493 e. The molecule has 0 atom stereocenters. The van der Waals surface area contributed by atoms with Crippen LogP contribution in [0.1, 0.15) is 22.3 Å². The topological polar surface area (TPSA) is 35.2 Å². The van der Waals surface area contributed by atoms with Crippen LogP contribution in [0.25, 0.3) is 0 Å². The van der Waals surface area contributed by atoms with Crippen molar-refractivity contribution in [2.75, 3.05) is 6.61 Å². The average Bonchev–Trinajstić information content (AvgIpc) is 3.01. The summed E-state index contributed by atoms with van der Waals surface area (Å²) >= 11 is 6.25. The molecule has 21 heavy (non-hydrogen) atoms. The Hall–Kier alpha value is -1.51. The molecule has 0 saturated heterocycles. The first-order valence-corrected chi connectivity index (χ1v) is 7.81. The molecule has 0 saturated carbocycles. The van der Waals surface area contributed by atoms with Crippen LogP contribution in [-0.2, 0) is 25.7 Å². The number of nitrogens with two attached hydrogens (primary N) is 1. The van der Waals surface area contributed by atoms with Gasteiger partial charge < -0.3 is 10.5 Å². The van der Waals surface area contributed by atoms with Crippen molar-refractivity contribution >= 4 is 11.6 Å². The number of rotatable bonds is 2. The van der Waals surface area contributed by atoms with Gasteiger partial charge in [-0.1, -0.05) is 35.9 Å². The summed E-state index contributed by atoms with van der Waals surface area (Å²) in [5, 5.41) is 0.786. The molecule has 2 aromatic rings. The van der Waals surface area contributed by atoms with Crippen LogP contribution in [0, 0.1) is 0 Å². The van der Waals surface area contributed by atoms with Gasteiger partial charge in [0.2, 0.25) is 0 Å². The van der Waals surface area contributed by atoms with E-state index < -0.39 is 0 Å². The van der Waals surface area contributed by atoms with E-state index in [4.69, 9.17) is 22.1 Å². The minimum absolute atomic E-state index is 0.228. The largest absolute Gasteiger partial charge is 0.493 e. The lowest BCUT2D eigenvalue weighted by Gasteiger charge is -2.25. The number of halogens is 1. The molecule has 1 aliphatic heterocycles. The Morgan fingerprint density at radius 3 is 2.52 bits per heavy atom. The van der Waals surface area contributed by atoms with Crippen molar-refractivity contribution < 1.29 is 4.74 Å². The first-order valence-electron chi connectivity index (χ1n) is 7.43. The summed E-state index contributed by atoms with van der Waals surface area (Å²) < 4.78 is 5.80. The Labute approximate surface area is 129 Å². The summed E-state index contributed by atoms with van der Waals surface area (Å²) in [6.07, 6.45) is 3.60. The Morgan fingerprint density at radius 2 is 1.81 bits per heavy atom. The van der Waals surface area contributed by atoms with Gasteiger partial charge >= 0.3 is 0 Å². The van der Waals surface area contributed by atoms with Crippen LogP contribution in [0.15, 0.2) is 36.4 Å². The second-order valence-electron chi connectivity index (χ2n) is 6.31. The van der Waals surface area contributed by atoms with Gasteiger partial charge in [0.1, 0.15) is 5.75 Å². The van der Waals surface area contributed by atoms with Crippen LogP contribution in [0.5, 0.6) is 5.75 Å². The molecule has 1 aliphatic carbocycles. The fourth-order valence-corrected chi connectivity index (χ4v) is 3.97. The summed E-state index contributed by atoms with van der Waals surface area (Å²) in [6.45, 7) is 0.750. The van der Waals surface area contributed by atoms with Gasteiger partial charge in [-0.05, 0) is 53.6 Å². The van der Waals surface area contributed by atoms with Crippen LogP contribution in [0.2, 0.25) is 5.02 Å². The first kappa shape index (κ1) is 13.2. The van der Waals surface area contributed by atoms with Crippen molar-refractivity contribution in [2.45, 2.75) is 31.2 Å². The number of hydrogen-bond acceptors (Lipinski definition) is 2. The molecule has 0 unspecified atom stereocenters. The maximum atomic E-state index is 6.69. The Morgan fingerprint density at radius 1 is 1.10 bits per heavy atom. The highest BCUT2D eigenvalue weighted by Gasteiger charge is 2.35.